The Bertz CT molecular complexity index is 381. The molecule has 0 aliphatic rings. The van der Waals surface area contributed by atoms with Crippen LogP contribution in [0.25, 0.3) is 0 Å². The minimum absolute atomic E-state index is 0.0222. The minimum atomic E-state index is -0.424. The maximum absolute atomic E-state index is 12.0. The number of hydrogen-bond donors (Lipinski definition) is 1. The van der Waals surface area contributed by atoms with Crippen molar-refractivity contribution in [2.75, 3.05) is 20.2 Å². The first-order valence-electron chi connectivity index (χ1n) is 6.74. The Hall–Kier alpha value is -1.55. The summed E-state index contributed by atoms with van der Waals surface area (Å²) in [5.74, 6) is 0.991. The number of nitrogens with two attached hydrogens (primary N) is 1. The summed E-state index contributed by atoms with van der Waals surface area (Å²) < 4.78 is 5.56. The number of carbonyl (C=O) groups excluding carboxylic acids is 1. The van der Waals surface area contributed by atoms with Crippen molar-refractivity contribution in [3.63, 3.8) is 0 Å². The fourth-order valence-corrected chi connectivity index (χ4v) is 1.68. The number of rotatable bonds is 7. The quantitative estimate of drug-likeness (QED) is 0.818. The lowest BCUT2D eigenvalue weighted by molar-refractivity contribution is -0.132. The molecule has 0 spiro atoms. The van der Waals surface area contributed by atoms with Crippen LogP contribution in [-0.4, -0.2) is 37.0 Å². The van der Waals surface area contributed by atoms with Gasteiger partial charge in [-0.1, -0.05) is 38.5 Å². The van der Waals surface area contributed by atoms with Crippen molar-refractivity contribution >= 4 is 5.91 Å². The fourth-order valence-electron chi connectivity index (χ4n) is 1.68. The van der Waals surface area contributed by atoms with Gasteiger partial charge in [0.05, 0.1) is 12.6 Å². The Morgan fingerprint density at radius 2 is 2.00 bits per heavy atom. The van der Waals surface area contributed by atoms with E-state index in [1.165, 1.54) is 0 Å². The third kappa shape index (κ3) is 4.91. The molecular weight excluding hydrogens is 240 g/mol. The second-order valence-corrected chi connectivity index (χ2v) is 4.83. The van der Waals surface area contributed by atoms with Crippen molar-refractivity contribution in [3.05, 3.63) is 30.3 Å². The molecule has 1 aromatic rings. The molecule has 4 nitrogen and oxygen atoms in total. The highest BCUT2D eigenvalue weighted by atomic mass is 16.5. The number of likely N-dealkylation sites (N-methyl/N-ethyl adjacent to an activating group) is 1. The monoisotopic (exact) mass is 264 g/mol. The second kappa shape index (κ2) is 7.79. The Kier molecular flexibility index (Phi) is 6.36. The topological polar surface area (TPSA) is 55.6 Å². The van der Waals surface area contributed by atoms with Gasteiger partial charge in [-0.05, 0) is 18.1 Å². The van der Waals surface area contributed by atoms with Crippen LogP contribution < -0.4 is 10.5 Å². The summed E-state index contributed by atoms with van der Waals surface area (Å²) in [5, 5.41) is 0. The van der Waals surface area contributed by atoms with Crippen molar-refractivity contribution < 1.29 is 9.53 Å². The molecule has 1 aromatic carbocycles. The Morgan fingerprint density at radius 3 is 2.58 bits per heavy atom. The largest absolute Gasteiger partial charge is 0.492 e. The molecule has 1 rings (SSSR count). The van der Waals surface area contributed by atoms with E-state index in [1.54, 1.807) is 11.9 Å². The van der Waals surface area contributed by atoms with Crippen molar-refractivity contribution in [3.8, 4) is 5.75 Å². The van der Waals surface area contributed by atoms with E-state index in [-0.39, 0.29) is 11.8 Å². The molecule has 2 N–H and O–H groups in total. The molecule has 0 heterocycles. The molecule has 1 unspecified atom stereocenters. The SMILES string of the molecule is CCC(C)[C@H](N)C(=O)N(C)CCOc1ccccc1. The van der Waals surface area contributed by atoms with Crippen LogP contribution in [0.3, 0.4) is 0 Å². The molecule has 0 saturated heterocycles. The highest BCUT2D eigenvalue weighted by Crippen LogP contribution is 2.09. The van der Waals surface area contributed by atoms with Gasteiger partial charge in [0.2, 0.25) is 5.91 Å². The van der Waals surface area contributed by atoms with Crippen LogP contribution in [0.1, 0.15) is 20.3 Å². The third-order valence-corrected chi connectivity index (χ3v) is 3.36. The average molecular weight is 264 g/mol. The van der Waals surface area contributed by atoms with Crippen LogP contribution in [-0.2, 0) is 4.79 Å². The molecule has 0 aromatic heterocycles. The van der Waals surface area contributed by atoms with E-state index in [4.69, 9.17) is 10.5 Å². The molecule has 0 aliphatic heterocycles. The van der Waals surface area contributed by atoms with Gasteiger partial charge in [-0.15, -0.1) is 0 Å². The molecule has 0 aliphatic carbocycles. The molecule has 4 heteroatoms. The molecule has 0 saturated carbocycles. The van der Waals surface area contributed by atoms with Crippen molar-refractivity contribution in [1.82, 2.24) is 4.90 Å². The molecule has 0 bridgehead atoms. The van der Waals surface area contributed by atoms with Gasteiger partial charge in [0, 0.05) is 7.05 Å². The van der Waals surface area contributed by atoms with Crippen molar-refractivity contribution in [2.24, 2.45) is 11.7 Å². The summed E-state index contributed by atoms with van der Waals surface area (Å²) in [4.78, 5) is 13.7. The van der Waals surface area contributed by atoms with Crippen LogP contribution in [0.4, 0.5) is 0 Å². The maximum Gasteiger partial charge on any atom is 0.239 e. The zero-order chi connectivity index (χ0) is 14.3. The van der Waals surface area contributed by atoms with Gasteiger partial charge in [0.1, 0.15) is 12.4 Å². The summed E-state index contributed by atoms with van der Waals surface area (Å²) in [6.45, 7) is 5.05. The standard InChI is InChI=1S/C15H24N2O2/c1-4-12(2)14(16)15(18)17(3)10-11-19-13-8-6-5-7-9-13/h5-9,12,14H,4,10-11,16H2,1-3H3/t12?,14-/m0/s1. The number of ether oxygens (including phenoxy) is 1. The number of amides is 1. The predicted octanol–water partition coefficient (Wildman–Crippen LogP) is 1.90. The Morgan fingerprint density at radius 1 is 1.37 bits per heavy atom. The van der Waals surface area contributed by atoms with Crippen LogP contribution in [0.2, 0.25) is 0 Å². The predicted molar refractivity (Wildman–Crippen MR) is 77.0 cm³/mol. The summed E-state index contributed by atoms with van der Waals surface area (Å²) in [5.41, 5.74) is 5.92. The fraction of sp³-hybridized carbons (Fsp3) is 0.533. The molecule has 2 atom stereocenters. The van der Waals surface area contributed by atoms with Gasteiger partial charge in [0.25, 0.3) is 0 Å². The Balaban J connectivity index is 2.35. The first-order valence-corrected chi connectivity index (χ1v) is 6.74. The van der Waals surface area contributed by atoms with Crippen LogP contribution >= 0.6 is 0 Å². The van der Waals surface area contributed by atoms with Gasteiger partial charge < -0.3 is 15.4 Å². The summed E-state index contributed by atoms with van der Waals surface area (Å²) in [7, 11) is 1.76. The van der Waals surface area contributed by atoms with Crippen LogP contribution in [0, 0.1) is 5.92 Å². The summed E-state index contributed by atoms with van der Waals surface area (Å²) >= 11 is 0. The number of nitrogens with zero attached hydrogens (tertiary/aromatic N) is 1. The maximum atomic E-state index is 12.0. The van der Waals surface area contributed by atoms with Crippen molar-refractivity contribution in [1.29, 1.82) is 0 Å². The molecule has 0 radical (unpaired) electrons. The zero-order valence-electron chi connectivity index (χ0n) is 12.0. The summed E-state index contributed by atoms with van der Waals surface area (Å²) in [6, 6.07) is 9.14. The molecule has 0 fully saturated rings. The van der Waals surface area contributed by atoms with Crippen LogP contribution in [0.5, 0.6) is 5.75 Å². The van der Waals surface area contributed by atoms with Crippen LogP contribution in [0.15, 0.2) is 30.3 Å². The van der Waals surface area contributed by atoms with Gasteiger partial charge in [-0.3, -0.25) is 4.79 Å². The molecular formula is C15H24N2O2. The number of para-hydroxylation sites is 1. The van der Waals surface area contributed by atoms with Crippen molar-refractivity contribution in [2.45, 2.75) is 26.3 Å². The number of hydrogen-bond acceptors (Lipinski definition) is 3. The van der Waals surface area contributed by atoms with E-state index in [9.17, 15) is 4.79 Å². The lowest BCUT2D eigenvalue weighted by Gasteiger charge is -2.24. The van der Waals surface area contributed by atoms with E-state index in [0.717, 1.165) is 12.2 Å². The number of carbonyl (C=O) groups is 1. The molecule has 106 valence electrons. The van der Waals surface area contributed by atoms with E-state index in [1.807, 2.05) is 44.2 Å². The van der Waals surface area contributed by atoms with Gasteiger partial charge in [-0.25, -0.2) is 0 Å². The summed E-state index contributed by atoms with van der Waals surface area (Å²) in [6.07, 6.45) is 0.904. The smallest absolute Gasteiger partial charge is 0.239 e. The first kappa shape index (κ1) is 15.5. The molecule has 1 amide bonds. The second-order valence-electron chi connectivity index (χ2n) is 4.83. The lowest BCUT2D eigenvalue weighted by atomic mass is 9.99. The number of benzene rings is 1. The Labute approximate surface area is 115 Å². The van der Waals surface area contributed by atoms with E-state index in [0.29, 0.717) is 13.2 Å². The van der Waals surface area contributed by atoms with E-state index >= 15 is 0 Å². The average Bonchev–Trinajstić information content (AvgIpc) is 2.45. The minimum Gasteiger partial charge on any atom is -0.492 e. The van der Waals surface area contributed by atoms with Gasteiger partial charge in [-0.2, -0.15) is 0 Å². The third-order valence-electron chi connectivity index (χ3n) is 3.36. The lowest BCUT2D eigenvalue weighted by Crippen LogP contribution is -2.46. The molecule has 19 heavy (non-hydrogen) atoms. The zero-order valence-corrected chi connectivity index (χ0v) is 12.0. The van der Waals surface area contributed by atoms with E-state index < -0.39 is 6.04 Å². The van der Waals surface area contributed by atoms with Gasteiger partial charge >= 0.3 is 0 Å². The normalized spacial score (nSPS) is 13.7. The van der Waals surface area contributed by atoms with Gasteiger partial charge in [0.15, 0.2) is 0 Å². The highest BCUT2D eigenvalue weighted by molar-refractivity contribution is 5.81. The first-order chi connectivity index (χ1) is 9.06. The van der Waals surface area contributed by atoms with E-state index in [2.05, 4.69) is 0 Å². The highest BCUT2D eigenvalue weighted by Gasteiger charge is 2.22.